The second kappa shape index (κ2) is 10.9. The van der Waals surface area contributed by atoms with Crippen LogP contribution in [-0.4, -0.2) is 57.1 Å². The number of carbonyl (C=O) groups is 1. The van der Waals surface area contributed by atoms with Gasteiger partial charge in [-0.15, -0.1) is 0 Å². The summed E-state index contributed by atoms with van der Waals surface area (Å²) in [5.41, 5.74) is 0.705. The summed E-state index contributed by atoms with van der Waals surface area (Å²) in [6, 6.07) is 7.34. The lowest BCUT2D eigenvalue weighted by atomic mass is 10.3. The minimum absolute atomic E-state index is 0.410. The van der Waals surface area contributed by atoms with Gasteiger partial charge in [-0.3, -0.25) is 10.2 Å². The number of nitrogens with zero attached hydrogens (tertiary/aromatic N) is 1. The van der Waals surface area contributed by atoms with Crippen LogP contribution in [0.1, 0.15) is 26.2 Å². The van der Waals surface area contributed by atoms with E-state index in [4.69, 9.17) is 14.2 Å². The van der Waals surface area contributed by atoms with Crippen LogP contribution >= 0.6 is 0 Å². The Hall–Kier alpha value is -1.79. The van der Waals surface area contributed by atoms with E-state index in [0.717, 1.165) is 57.9 Å². The number of ether oxygens (including phenoxy) is 3. The van der Waals surface area contributed by atoms with E-state index in [1.165, 1.54) is 0 Å². The van der Waals surface area contributed by atoms with Gasteiger partial charge >= 0.3 is 6.09 Å². The van der Waals surface area contributed by atoms with Gasteiger partial charge in [-0.25, -0.2) is 4.79 Å². The average Bonchev–Trinajstić information content (AvgIpc) is 2.61. The van der Waals surface area contributed by atoms with Gasteiger partial charge in [0.1, 0.15) is 12.4 Å². The zero-order chi connectivity index (χ0) is 17.0. The predicted molar refractivity (Wildman–Crippen MR) is 93.7 cm³/mol. The van der Waals surface area contributed by atoms with Crippen molar-refractivity contribution in [3.63, 3.8) is 0 Å². The van der Waals surface area contributed by atoms with Crippen LogP contribution in [0.5, 0.6) is 5.75 Å². The van der Waals surface area contributed by atoms with E-state index in [9.17, 15) is 4.79 Å². The molecule has 134 valence electrons. The largest absolute Gasteiger partial charge is 0.492 e. The number of benzene rings is 1. The number of rotatable bonds is 9. The second-order valence-corrected chi connectivity index (χ2v) is 5.79. The van der Waals surface area contributed by atoms with Gasteiger partial charge in [0.2, 0.25) is 0 Å². The molecule has 0 saturated carbocycles. The van der Waals surface area contributed by atoms with Crippen LogP contribution in [-0.2, 0) is 9.47 Å². The molecule has 1 aliphatic heterocycles. The minimum Gasteiger partial charge on any atom is -0.492 e. The highest BCUT2D eigenvalue weighted by molar-refractivity contribution is 5.84. The molecule has 1 saturated heterocycles. The van der Waals surface area contributed by atoms with Crippen molar-refractivity contribution in [2.24, 2.45) is 0 Å². The zero-order valence-electron chi connectivity index (χ0n) is 14.5. The Morgan fingerprint density at radius 3 is 2.62 bits per heavy atom. The lowest BCUT2D eigenvalue weighted by Crippen LogP contribution is -2.38. The van der Waals surface area contributed by atoms with Crippen LogP contribution in [0.4, 0.5) is 10.5 Å². The van der Waals surface area contributed by atoms with Crippen molar-refractivity contribution in [2.45, 2.75) is 26.2 Å². The molecule has 1 amide bonds. The van der Waals surface area contributed by atoms with Gasteiger partial charge < -0.3 is 14.2 Å². The van der Waals surface area contributed by atoms with E-state index < -0.39 is 6.09 Å². The Kier molecular flexibility index (Phi) is 8.41. The molecule has 6 heteroatoms. The second-order valence-electron chi connectivity index (χ2n) is 5.79. The Morgan fingerprint density at radius 2 is 1.92 bits per heavy atom. The van der Waals surface area contributed by atoms with E-state index in [2.05, 4.69) is 17.1 Å². The van der Waals surface area contributed by atoms with Gasteiger partial charge in [-0.05, 0) is 30.7 Å². The summed E-state index contributed by atoms with van der Waals surface area (Å²) in [7, 11) is 0. The van der Waals surface area contributed by atoms with Gasteiger partial charge in [0, 0.05) is 25.3 Å². The molecule has 1 fully saturated rings. The molecule has 1 aliphatic rings. The monoisotopic (exact) mass is 336 g/mol. The van der Waals surface area contributed by atoms with Crippen molar-refractivity contribution in [1.82, 2.24) is 4.90 Å². The fourth-order valence-corrected chi connectivity index (χ4v) is 2.42. The van der Waals surface area contributed by atoms with Gasteiger partial charge in [-0.2, -0.15) is 0 Å². The smallest absolute Gasteiger partial charge is 0.411 e. The summed E-state index contributed by atoms with van der Waals surface area (Å²) in [6.45, 7) is 7.65. The highest BCUT2D eigenvalue weighted by Gasteiger charge is 2.09. The van der Waals surface area contributed by atoms with Gasteiger partial charge in [0.15, 0.2) is 0 Å². The van der Waals surface area contributed by atoms with Crippen LogP contribution in [0.2, 0.25) is 0 Å². The molecule has 1 aromatic rings. The van der Waals surface area contributed by atoms with E-state index in [-0.39, 0.29) is 0 Å². The Labute approximate surface area is 144 Å². The topological polar surface area (TPSA) is 60.0 Å². The molecule has 0 unspecified atom stereocenters. The number of unbranched alkanes of at least 4 members (excludes halogenated alkanes) is 2. The third-order valence-electron chi connectivity index (χ3n) is 3.86. The van der Waals surface area contributed by atoms with Crippen molar-refractivity contribution in [3.8, 4) is 5.75 Å². The molecule has 1 aromatic carbocycles. The quantitative estimate of drug-likeness (QED) is 0.702. The first-order chi connectivity index (χ1) is 11.8. The number of morpholine rings is 1. The van der Waals surface area contributed by atoms with Crippen LogP contribution in [0, 0.1) is 0 Å². The fraction of sp³-hybridized carbons (Fsp3) is 0.611. The average molecular weight is 336 g/mol. The zero-order valence-corrected chi connectivity index (χ0v) is 14.5. The third-order valence-corrected chi connectivity index (χ3v) is 3.86. The number of nitrogens with one attached hydrogen (secondary N) is 1. The fourth-order valence-electron chi connectivity index (χ4n) is 2.42. The molecule has 0 radical (unpaired) electrons. The molecule has 1 heterocycles. The summed E-state index contributed by atoms with van der Waals surface area (Å²) >= 11 is 0. The summed E-state index contributed by atoms with van der Waals surface area (Å²) in [4.78, 5) is 14.0. The third kappa shape index (κ3) is 7.19. The summed E-state index contributed by atoms with van der Waals surface area (Å²) in [5.74, 6) is 0.796. The van der Waals surface area contributed by atoms with Crippen molar-refractivity contribution >= 4 is 11.8 Å². The van der Waals surface area contributed by atoms with Crippen LogP contribution in [0.15, 0.2) is 24.3 Å². The van der Waals surface area contributed by atoms with Gasteiger partial charge in [0.05, 0.1) is 19.8 Å². The van der Waals surface area contributed by atoms with Gasteiger partial charge in [-0.1, -0.05) is 19.8 Å². The summed E-state index contributed by atoms with van der Waals surface area (Å²) in [5, 5.41) is 2.72. The molecule has 0 atom stereocenters. The number of anilines is 1. The predicted octanol–water partition coefficient (Wildman–Crippen LogP) is 3.14. The highest BCUT2D eigenvalue weighted by atomic mass is 16.5. The molecule has 0 aromatic heterocycles. The number of carbonyl (C=O) groups excluding carboxylic acids is 1. The minimum atomic E-state index is -0.410. The Balaban J connectivity index is 1.63. The Morgan fingerprint density at radius 1 is 1.17 bits per heavy atom. The highest BCUT2D eigenvalue weighted by Crippen LogP contribution is 2.16. The first kappa shape index (κ1) is 18.5. The lowest BCUT2D eigenvalue weighted by molar-refractivity contribution is 0.0322. The maximum atomic E-state index is 11.6. The standard InChI is InChI=1S/C18H28N2O4/c1-2-3-4-12-24-18(21)19-16-5-7-17(8-6-16)23-15-11-20-9-13-22-14-10-20/h5-8H,2-4,9-15H2,1H3,(H,19,21). The Bertz CT molecular complexity index is 472. The molecule has 1 N–H and O–H groups in total. The van der Waals surface area contributed by atoms with Crippen LogP contribution < -0.4 is 10.1 Å². The molecular weight excluding hydrogens is 308 g/mol. The molecule has 6 nitrogen and oxygen atoms in total. The van der Waals surface area contributed by atoms with Crippen molar-refractivity contribution in [1.29, 1.82) is 0 Å². The first-order valence-corrected chi connectivity index (χ1v) is 8.74. The normalized spacial score (nSPS) is 15.0. The molecule has 0 spiro atoms. The van der Waals surface area contributed by atoms with Crippen molar-refractivity contribution in [2.75, 3.05) is 51.4 Å². The number of amides is 1. The van der Waals surface area contributed by atoms with Crippen molar-refractivity contribution in [3.05, 3.63) is 24.3 Å². The maximum absolute atomic E-state index is 11.6. The molecular formula is C18H28N2O4. The maximum Gasteiger partial charge on any atom is 0.411 e. The van der Waals surface area contributed by atoms with Crippen molar-refractivity contribution < 1.29 is 19.0 Å². The van der Waals surface area contributed by atoms with E-state index in [0.29, 0.717) is 18.9 Å². The lowest BCUT2D eigenvalue weighted by Gasteiger charge is -2.26. The first-order valence-electron chi connectivity index (χ1n) is 8.74. The van der Waals surface area contributed by atoms with Crippen LogP contribution in [0.25, 0.3) is 0 Å². The molecule has 0 bridgehead atoms. The van der Waals surface area contributed by atoms with E-state index in [1.54, 1.807) is 0 Å². The number of hydrogen-bond donors (Lipinski definition) is 1. The SMILES string of the molecule is CCCCCOC(=O)Nc1ccc(OCCN2CCOCC2)cc1. The number of hydrogen-bond acceptors (Lipinski definition) is 5. The van der Waals surface area contributed by atoms with Crippen LogP contribution in [0.3, 0.4) is 0 Å². The summed E-state index contributed by atoms with van der Waals surface area (Å²) < 4.78 is 16.2. The molecule has 2 rings (SSSR count). The molecule has 24 heavy (non-hydrogen) atoms. The summed E-state index contributed by atoms with van der Waals surface area (Å²) in [6.07, 6.45) is 2.67. The van der Waals surface area contributed by atoms with Gasteiger partial charge in [0.25, 0.3) is 0 Å². The molecule has 0 aliphatic carbocycles. The van der Waals surface area contributed by atoms with E-state index >= 15 is 0 Å². The van der Waals surface area contributed by atoms with E-state index in [1.807, 2.05) is 24.3 Å².